The number of nitrogens with one attached hydrogen (secondary N) is 1. The first kappa shape index (κ1) is 20.1. The monoisotopic (exact) mass is 534 g/mol. The van der Waals surface area contributed by atoms with Gasteiger partial charge in [0.05, 0.1) is 21.5 Å². The Labute approximate surface area is 195 Å². The van der Waals surface area contributed by atoms with E-state index in [4.69, 9.17) is 4.98 Å². The highest BCUT2D eigenvalue weighted by atomic mass is 127. The fourth-order valence-electron chi connectivity index (χ4n) is 3.66. The van der Waals surface area contributed by atoms with Crippen LogP contribution in [0.1, 0.15) is 11.4 Å². The number of aromatic nitrogens is 3. The third-order valence-corrected chi connectivity index (χ3v) is 5.88. The van der Waals surface area contributed by atoms with Crippen molar-refractivity contribution in [3.8, 4) is 5.69 Å². The highest BCUT2D eigenvalue weighted by molar-refractivity contribution is 14.1. The van der Waals surface area contributed by atoms with Crippen molar-refractivity contribution < 1.29 is 4.92 Å². The van der Waals surface area contributed by atoms with Gasteiger partial charge < -0.3 is 4.98 Å². The molecule has 3 aromatic carbocycles. The van der Waals surface area contributed by atoms with E-state index in [0.29, 0.717) is 22.4 Å². The fraction of sp³-hybridized carbons (Fsp3) is 0. The molecule has 0 atom stereocenters. The molecule has 0 spiro atoms. The largest absolute Gasteiger partial charge is 0.361 e. The van der Waals surface area contributed by atoms with Gasteiger partial charge in [-0.05, 0) is 76.7 Å². The smallest absolute Gasteiger partial charge is 0.269 e. The van der Waals surface area contributed by atoms with Crippen LogP contribution in [0.5, 0.6) is 0 Å². The van der Waals surface area contributed by atoms with Gasteiger partial charge >= 0.3 is 0 Å². The topological polar surface area (TPSA) is 93.8 Å². The number of benzene rings is 3. The van der Waals surface area contributed by atoms with Gasteiger partial charge in [0.2, 0.25) is 0 Å². The van der Waals surface area contributed by atoms with E-state index >= 15 is 0 Å². The number of hydrogen-bond donors (Lipinski definition) is 1. The van der Waals surface area contributed by atoms with Gasteiger partial charge in [-0.1, -0.05) is 18.2 Å². The lowest BCUT2D eigenvalue weighted by Crippen LogP contribution is -2.22. The third-order valence-electron chi connectivity index (χ3n) is 5.21. The molecule has 0 amide bonds. The second-order valence-electron chi connectivity index (χ2n) is 7.17. The van der Waals surface area contributed by atoms with Gasteiger partial charge in [-0.15, -0.1) is 0 Å². The molecule has 5 rings (SSSR count). The van der Waals surface area contributed by atoms with Gasteiger partial charge in [0.25, 0.3) is 11.2 Å². The minimum Gasteiger partial charge on any atom is -0.361 e. The summed E-state index contributed by atoms with van der Waals surface area (Å²) in [6, 6.07) is 19.3. The summed E-state index contributed by atoms with van der Waals surface area (Å²) in [5, 5.41) is 12.6. The van der Waals surface area contributed by atoms with Crippen molar-refractivity contribution in [1.82, 2.24) is 14.5 Å². The van der Waals surface area contributed by atoms with Gasteiger partial charge in [0.1, 0.15) is 5.82 Å². The first-order valence-corrected chi connectivity index (χ1v) is 10.8. The summed E-state index contributed by atoms with van der Waals surface area (Å²) in [6.07, 6.45) is 5.59. The number of H-pyrrole nitrogens is 1. The van der Waals surface area contributed by atoms with Crippen molar-refractivity contribution >= 4 is 62.2 Å². The van der Waals surface area contributed by atoms with E-state index in [1.54, 1.807) is 24.3 Å². The highest BCUT2D eigenvalue weighted by Crippen LogP contribution is 2.22. The number of nitrogens with zero attached hydrogens (tertiary/aromatic N) is 3. The summed E-state index contributed by atoms with van der Waals surface area (Å²) in [5.74, 6) is 0.433. The van der Waals surface area contributed by atoms with E-state index in [2.05, 4.69) is 27.6 Å². The maximum atomic E-state index is 13.4. The maximum Gasteiger partial charge on any atom is 0.269 e. The molecule has 156 valence electrons. The zero-order valence-corrected chi connectivity index (χ0v) is 18.7. The predicted molar refractivity (Wildman–Crippen MR) is 134 cm³/mol. The number of fused-ring (bicyclic) bond motifs is 2. The lowest BCUT2D eigenvalue weighted by atomic mass is 10.1. The molecule has 0 fully saturated rings. The van der Waals surface area contributed by atoms with Crippen LogP contribution in [-0.2, 0) is 0 Å². The van der Waals surface area contributed by atoms with Crippen LogP contribution >= 0.6 is 22.6 Å². The number of rotatable bonds is 4. The first-order valence-electron chi connectivity index (χ1n) is 9.72. The molecule has 0 saturated carbocycles. The summed E-state index contributed by atoms with van der Waals surface area (Å²) >= 11 is 2.15. The quantitative estimate of drug-likeness (QED) is 0.186. The van der Waals surface area contributed by atoms with Crippen LogP contribution in [0.2, 0.25) is 0 Å². The van der Waals surface area contributed by atoms with Gasteiger partial charge in [0, 0.05) is 32.8 Å². The van der Waals surface area contributed by atoms with Gasteiger partial charge in [0.15, 0.2) is 0 Å². The summed E-state index contributed by atoms with van der Waals surface area (Å²) in [6.45, 7) is 0. The molecule has 0 unspecified atom stereocenters. The number of halogens is 1. The molecule has 5 aromatic rings. The minimum absolute atomic E-state index is 0.0408. The van der Waals surface area contributed by atoms with Gasteiger partial charge in [-0.3, -0.25) is 19.5 Å². The lowest BCUT2D eigenvalue weighted by Gasteiger charge is -2.11. The van der Waals surface area contributed by atoms with Crippen molar-refractivity contribution in [1.29, 1.82) is 0 Å². The molecule has 2 aromatic heterocycles. The molecule has 1 N–H and O–H groups in total. The SMILES string of the molecule is O=c1c2cc(I)ccc2nc(C=Cc2c[nH]c3ccccc23)n1-c1ccc([N+](=O)[O-])cc1. The van der Waals surface area contributed by atoms with Crippen LogP contribution in [0.3, 0.4) is 0 Å². The Morgan fingerprint density at radius 2 is 1.78 bits per heavy atom. The molecular weight excluding hydrogens is 519 g/mol. The van der Waals surface area contributed by atoms with E-state index in [1.807, 2.05) is 48.7 Å². The minimum atomic E-state index is -0.467. The number of para-hydroxylation sites is 1. The molecule has 0 saturated heterocycles. The van der Waals surface area contributed by atoms with Crippen LogP contribution < -0.4 is 5.56 Å². The van der Waals surface area contributed by atoms with Crippen molar-refractivity contribution in [2.45, 2.75) is 0 Å². The lowest BCUT2D eigenvalue weighted by molar-refractivity contribution is -0.384. The summed E-state index contributed by atoms with van der Waals surface area (Å²) in [5.41, 5.74) is 2.80. The zero-order chi connectivity index (χ0) is 22.2. The van der Waals surface area contributed by atoms with Crippen LogP contribution in [-0.4, -0.2) is 19.5 Å². The van der Waals surface area contributed by atoms with Crippen LogP contribution in [0, 0.1) is 13.7 Å². The average molecular weight is 534 g/mol. The molecular formula is C24H15IN4O3. The van der Waals surface area contributed by atoms with Gasteiger partial charge in [-0.2, -0.15) is 0 Å². The Hall–Kier alpha value is -3.79. The molecule has 0 aliphatic carbocycles. The number of nitro benzene ring substituents is 1. The number of nitro groups is 1. The molecule has 0 bridgehead atoms. The molecule has 2 heterocycles. The Morgan fingerprint density at radius 1 is 1.00 bits per heavy atom. The van der Waals surface area contributed by atoms with E-state index < -0.39 is 4.92 Å². The highest BCUT2D eigenvalue weighted by Gasteiger charge is 2.13. The second kappa shape index (κ2) is 8.04. The Bertz CT molecular complexity index is 1580. The maximum absolute atomic E-state index is 13.4. The Kier molecular flexibility index (Phi) is 5.06. The first-order chi connectivity index (χ1) is 15.5. The Morgan fingerprint density at radius 3 is 2.56 bits per heavy atom. The van der Waals surface area contributed by atoms with E-state index in [1.165, 1.54) is 16.7 Å². The van der Waals surface area contributed by atoms with Crippen LogP contribution in [0.25, 0.3) is 39.6 Å². The summed E-state index contributed by atoms with van der Waals surface area (Å²) in [4.78, 5) is 32.0. The standard InChI is InChI=1S/C24H15IN4O3/c25-16-6-11-22-20(13-16)24(30)28(17-7-9-18(10-8-17)29(31)32)23(27-22)12-5-15-14-26-21-4-2-1-3-19(15)21/h1-14,26H. The molecule has 0 aliphatic rings. The van der Waals surface area contributed by atoms with Crippen LogP contribution in [0.4, 0.5) is 5.69 Å². The number of aromatic amines is 1. The molecule has 7 nitrogen and oxygen atoms in total. The molecule has 32 heavy (non-hydrogen) atoms. The normalized spacial score (nSPS) is 11.5. The van der Waals surface area contributed by atoms with Gasteiger partial charge in [-0.25, -0.2) is 4.98 Å². The van der Waals surface area contributed by atoms with Crippen molar-refractivity contribution in [3.05, 3.63) is 108 Å². The predicted octanol–water partition coefficient (Wildman–Crippen LogP) is 5.55. The van der Waals surface area contributed by atoms with Crippen molar-refractivity contribution in [3.63, 3.8) is 0 Å². The Balaban J connectivity index is 1.71. The van der Waals surface area contributed by atoms with E-state index in [0.717, 1.165) is 20.0 Å². The third kappa shape index (κ3) is 3.58. The van der Waals surface area contributed by atoms with Crippen molar-refractivity contribution in [2.75, 3.05) is 0 Å². The summed E-state index contributed by atoms with van der Waals surface area (Å²) in [7, 11) is 0. The van der Waals surface area contributed by atoms with E-state index in [-0.39, 0.29) is 11.2 Å². The van der Waals surface area contributed by atoms with Crippen molar-refractivity contribution in [2.24, 2.45) is 0 Å². The second-order valence-corrected chi connectivity index (χ2v) is 8.41. The molecule has 0 aliphatic heterocycles. The van der Waals surface area contributed by atoms with Crippen LogP contribution in [0.15, 0.2) is 77.7 Å². The van der Waals surface area contributed by atoms with E-state index in [9.17, 15) is 14.9 Å². The average Bonchev–Trinajstić information content (AvgIpc) is 3.21. The zero-order valence-electron chi connectivity index (χ0n) is 16.5. The summed E-state index contributed by atoms with van der Waals surface area (Å²) < 4.78 is 2.40. The molecule has 0 radical (unpaired) electrons. The molecule has 8 heteroatoms. The fourth-order valence-corrected chi connectivity index (χ4v) is 4.15. The number of non-ortho nitro benzene ring substituents is 1. The number of hydrogen-bond acceptors (Lipinski definition) is 4.